The summed E-state index contributed by atoms with van der Waals surface area (Å²) < 4.78 is 0. The fourth-order valence-electron chi connectivity index (χ4n) is 6.55. The molecule has 0 fully saturated rings. The van der Waals surface area contributed by atoms with Gasteiger partial charge in [-0.05, 0) is 19.3 Å². The highest BCUT2D eigenvalue weighted by Crippen LogP contribution is 2.38. The molecule has 0 saturated carbocycles. The summed E-state index contributed by atoms with van der Waals surface area (Å²) in [5.41, 5.74) is -0.456. The van der Waals surface area contributed by atoms with Gasteiger partial charge in [0.1, 0.15) is 0 Å². The van der Waals surface area contributed by atoms with Crippen molar-refractivity contribution in [2.75, 3.05) is 0 Å². The Hall–Kier alpha value is -0.530. The summed E-state index contributed by atoms with van der Waals surface area (Å²) in [6, 6.07) is 0. The van der Waals surface area contributed by atoms with E-state index >= 15 is 0 Å². The van der Waals surface area contributed by atoms with Crippen molar-refractivity contribution in [3.63, 3.8) is 0 Å². The maximum atomic E-state index is 12.6. The molecule has 0 heterocycles. The molecule has 1 unspecified atom stereocenters. The molecule has 40 heavy (non-hydrogen) atoms. The van der Waals surface area contributed by atoms with Crippen molar-refractivity contribution in [2.45, 2.75) is 233 Å². The monoisotopic (exact) mass is 565 g/mol. The van der Waals surface area contributed by atoms with Crippen LogP contribution in [0, 0.1) is 5.41 Å². The Morgan fingerprint density at radius 1 is 0.350 bits per heavy atom. The third-order valence-corrected chi connectivity index (χ3v) is 9.48. The van der Waals surface area contributed by atoms with Gasteiger partial charge in [0.15, 0.2) is 0 Å². The Bertz CT molecular complexity index is 502. The Balaban J connectivity index is 4.24. The third-order valence-electron chi connectivity index (χ3n) is 9.48. The molecule has 0 spiro atoms. The van der Waals surface area contributed by atoms with Crippen LogP contribution in [-0.4, -0.2) is 11.1 Å². The number of hydrogen-bond acceptors (Lipinski definition) is 1. The van der Waals surface area contributed by atoms with Crippen LogP contribution in [0.3, 0.4) is 0 Å². The first-order chi connectivity index (χ1) is 19.6. The third kappa shape index (κ3) is 25.2. The molecule has 0 aromatic carbocycles. The van der Waals surface area contributed by atoms with Crippen LogP contribution in [0.5, 0.6) is 0 Å². The number of carboxylic acid groups (broad SMARTS) is 1. The van der Waals surface area contributed by atoms with Crippen molar-refractivity contribution < 1.29 is 9.90 Å². The number of hydrogen-bond donors (Lipinski definition) is 1. The highest BCUT2D eigenvalue weighted by molar-refractivity contribution is 5.74. The number of carboxylic acids is 1. The van der Waals surface area contributed by atoms with Crippen molar-refractivity contribution in [3.05, 3.63) is 0 Å². The van der Waals surface area contributed by atoms with Crippen LogP contribution in [0.25, 0.3) is 0 Å². The second kappa shape index (κ2) is 31.4. The first kappa shape index (κ1) is 39.5. The van der Waals surface area contributed by atoms with Gasteiger partial charge in [-0.25, -0.2) is 0 Å². The van der Waals surface area contributed by atoms with Gasteiger partial charge in [0, 0.05) is 0 Å². The predicted octanol–water partition coefficient (Wildman–Crippen LogP) is 14.0. The van der Waals surface area contributed by atoms with Crippen molar-refractivity contribution in [3.8, 4) is 0 Å². The van der Waals surface area contributed by atoms with Gasteiger partial charge in [-0.15, -0.1) is 0 Å². The normalized spacial score (nSPS) is 13.1. The molecule has 0 rings (SSSR count). The van der Waals surface area contributed by atoms with E-state index in [-0.39, 0.29) is 0 Å². The lowest BCUT2D eigenvalue weighted by Crippen LogP contribution is -2.31. The van der Waals surface area contributed by atoms with Gasteiger partial charge < -0.3 is 5.11 Å². The number of rotatable bonds is 34. The fourth-order valence-corrected chi connectivity index (χ4v) is 6.55. The quantitative estimate of drug-likeness (QED) is 0.0789. The maximum Gasteiger partial charge on any atom is 0.309 e. The molecular formula is C38H76O2. The van der Waals surface area contributed by atoms with Gasteiger partial charge >= 0.3 is 5.97 Å². The van der Waals surface area contributed by atoms with Crippen molar-refractivity contribution >= 4 is 5.97 Å². The van der Waals surface area contributed by atoms with E-state index < -0.39 is 11.4 Å². The highest BCUT2D eigenvalue weighted by Gasteiger charge is 2.36. The van der Waals surface area contributed by atoms with E-state index in [4.69, 9.17) is 0 Å². The summed E-state index contributed by atoms with van der Waals surface area (Å²) in [6.07, 6.45) is 42.5. The van der Waals surface area contributed by atoms with Gasteiger partial charge in [0.25, 0.3) is 0 Å². The van der Waals surface area contributed by atoms with Gasteiger partial charge in [-0.3, -0.25) is 4.79 Å². The van der Waals surface area contributed by atoms with E-state index in [0.717, 1.165) is 38.5 Å². The lowest BCUT2D eigenvalue weighted by Gasteiger charge is -2.30. The van der Waals surface area contributed by atoms with Gasteiger partial charge in [-0.1, -0.05) is 213 Å². The highest BCUT2D eigenvalue weighted by atomic mass is 16.4. The van der Waals surface area contributed by atoms with E-state index in [1.165, 1.54) is 173 Å². The summed E-state index contributed by atoms with van der Waals surface area (Å²) in [6.45, 7) is 6.83. The predicted molar refractivity (Wildman–Crippen MR) is 179 cm³/mol. The molecule has 0 aliphatic carbocycles. The molecule has 0 amide bonds. The van der Waals surface area contributed by atoms with E-state index in [9.17, 15) is 9.90 Å². The first-order valence-electron chi connectivity index (χ1n) is 18.9. The summed E-state index contributed by atoms with van der Waals surface area (Å²) in [4.78, 5) is 12.6. The Morgan fingerprint density at radius 2 is 0.525 bits per heavy atom. The van der Waals surface area contributed by atoms with Crippen molar-refractivity contribution in [1.29, 1.82) is 0 Å². The molecule has 1 atom stereocenters. The average molecular weight is 565 g/mol. The SMILES string of the molecule is CCCCCCCCCCCCCCCCC(CCCCCCCC)(CCCCCCCCCCCC)C(=O)O. The Kier molecular flexibility index (Phi) is 31.0. The van der Waals surface area contributed by atoms with Crippen LogP contribution in [0.4, 0.5) is 0 Å². The molecule has 0 aliphatic rings. The summed E-state index contributed by atoms with van der Waals surface area (Å²) in [7, 11) is 0. The van der Waals surface area contributed by atoms with E-state index in [2.05, 4.69) is 20.8 Å². The first-order valence-corrected chi connectivity index (χ1v) is 18.9. The molecule has 0 bridgehead atoms. The van der Waals surface area contributed by atoms with Gasteiger partial charge in [0.2, 0.25) is 0 Å². The van der Waals surface area contributed by atoms with Crippen LogP contribution in [-0.2, 0) is 4.79 Å². The summed E-state index contributed by atoms with van der Waals surface area (Å²) in [5, 5.41) is 10.4. The minimum Gasteiger partial charge on any atom is -0.481 e. The van der Waals surface area contributed by atoms with E-state index in [0.29, 0.717) is 0 Å². The number of aliphatic carboxylic acids is 1. The molecule has 0 aromatic heterocycles. The molecule has 240 valence electrons. The number of unbranched alkanes of at least 4 members (excludes halogenated alkanes) is 27. The molecule has 2 nitrogen and oxygen atoms in total. The van der Waals surface area contributed by atoms with Crippen LogP contribution in [0.15, 0.2) is 0 Å². The maximum absolute atomic E-state index is 12.6. The zero-order chi connectivity index (χ0) is 29.4. The van der Waals surface area contributed by atoms with Crippen LogP contribution < -0.4 is 0 Å². The lowest BCUT2D eigenvalue weighted by molar-refractivity contribution is -0.150. The van der Waals surface area contributed by atoms with Crippen molar-refractivity contribution in [1.82, 2.24) is 0 Å². The molecular weight excluding hydrogens is 488 g/mol. The largest absolute Gasteiger partial charge is 0.481 e. The summed E-state index contributed by atoms with van der Waals surface area (Å²) in [5.74, 6) is -0.494. The van der Waals surface area contributed by atoms with E-state index in [1.54, 1.807) is 0 Å². The Labute approximate surface area is 253 Å². The standard InChI is InChI=1S/C38H76O2/c1-4-7-10-13-16-18-20-21-22-23-25-27-30-33-36-38(37(39)40,34-31-28-15-12-9-6-3)35-32-29-26-24-19-17-14-11-8-5-2/h4-36H2,1-3H3,(H,39,40). The molecule has 0 radical (unpaired) electrons. The molecule has 2 heteroatoms. The Morgan fingerprint density at radius 3 is 0.700 bits per heavy atom. The average Bonchev–Trinajstić information content (AvgIpc) is 2.95. The molecule has 0 aromatic rings. The lowest BCUT2D eigenvalue weighted by atomic mass is 9.74. The number of carbonyl (C=O) groups is 1. The van der Waals surface area contributed by atoms with Crippen LogP contribution >= 0.6 is 0 Å². The van der Waals surface area contributed by atoms with Crippen molar-refractivity contribution in [2.24, 2.45) is 5.41 Å². The summed E-state index contributed by atoms with van der Waals surface area (Å²) >= 11 is 0. The molecule has 0 saturated heterocycles. The van der Waals surface area contributed by atoms with E-state index in [1.807, 2.05) is 0 Å². The fraction of sp³-hybridized carbons (Fsp3) is 0.974. The smallest absolute Gasteiger partial charge is 0.309 e. The topological polar surface area (TPSA) is 37.3 Å². The minimum atomic E-state index is -0.494. The minimum absolute atomic E-state index is 0.456. The van der Waals surface area contributed by atoms with Gasteiger partial charge in [-0.2, -0.15) is 0 Å². The zero-order valence-electron chi connectivity index (χ0n) is 28.2. The second-order valence-corrected chi connectivity index (χ2v) is 13.4. The van der Waals surface area contributed by atoms with Crippen LogP contribution in [0.1, 0.15) is 233 Å². The zero-order valence-corrected chi connectivity index (χ0v) is 28.2. The molecule has 0 aliphatic heterocycles. The van der Waals surface area contributed by atoms with Gasteiger partial charge in [0.05, 0.1) is 5.41 Å². The van der Waals surface area contributed by atoms with Crippen LogP contribution in [0.2, 0.25) is 0 Å². The molecule has 1 N–H and O–H groups in total. The second-order valence-electron chi connectivity index (χ2n) is 13.4.